The smallest absolute Gasteiger partial charge is 0.246 e. The number of likely N-dealkylation sites (tertiary alicyclic amines) is 1. The van der Waals surface area contributed by atoms with Crippen molar-refractivity contribution in [1.29, 1.82) is 0 Å². The fraction of sp³-hybridized carbons (Fsp3) is 0.364. The van der Waals surface area contributed by atoms with E-state index in [1.54, 1.807) is 12.1 Å². The van der Waals surface area contributed by atoms with E-state index < -0.39 is 26.6 Å². The summed E-state index contributed by atoms with van der Waals surface area (Å²) in [5, 5.41) is 3.03. The van der Waals surface area contributed by atoms with Crippen LogP contribution in [-0.2, 0) is 16.6 Å². The molecule has 0 aliphatic carbocycles. The molecule has 0 saturated carbocycles. The molecule has 0 radical (unpaired) electrons. The minimum atomic E-state index is -4.07. The lowest BCUT2D eigenvalue weighted by molar-refractivity contribution is -0.00629. The zero-order valence-electron chi connectivity index (χ0n) is 17.7. The van der Waals surface area contributed by atoms with Crippen molar-refractivity contribution in [3.05, 3.63) is 76.7 Å². The molecule has 11 heteroatoms. The van der Waals surface area contributed by atoms with Gasteiger partial charge in [-0.05, 0) is 60.7 Å². The van der Waals surface area contributed by atoms with Crippen LogP contribution in [0.25, 0.3) is 0 Å². The van der Waals surface area contributed by atoms with Crippen molar-refractivity contribution in [2.45, 2.75) is 24.3 Å². The minimum absolute atomic E-state index is 0.0261. The second-order valence-corrected chi connectivity index (χ2v) is 11.5. The van der Waals surface area contributed by atoms with E-state index >= 15 is 0 Å². The number of piperidine rings is 1. The summed E-state index contributed by atoms with van der Waals surface area (Å²) < 4.78 is 67.5. The van der Waals surface area contributed by atoms with Gasteiger partial charge in [-0.25, -0.2) is 21.6 Å². The van der Waals surface area contributed by atoms with Crippen molar-refractivity contribution in [1.82, 2.24) is 19.0 Å². The van der Waals surface area contributed by atoms with Crippen LogP contribution in [0.5, 0.6) is 0 Å². The molecule has 5 rings (SSSR count). The van der Waals surface area contributed by atoms with Crippen molar-refractivity contribution >= 4 is 22.0 Å². The van der Waals surface area contributed by atoms with Crippen LogP contribution in [-0.4, -0.2) is 48.8 Å². The van der Waals surface area contributed by atoms with E-state index in [0.717, 1.165) is 41.9 Å². The molecule has 0 bridgehead atoms. The van der Waals surface area contributed by atoms with E-state index in [1.807, 2.05) is 11.2 Å². The van der Waals surface area contributed by atoms with E-state index in [4.69, 9.17) is 0 Å². The normalized spacial score (nSPS) is 20.8. The second kappa shape index (κ2) is 8.53. The Morgan fingerprint density at radius 3 is 2.33 bits per heavy atom. The minimum Gasteiger partial charge on any atom is -0.363 e. The summed E-state index contributed by atoms with van der Waals surface area (Å²) in [6.07, 6.45) is 3.36. The molecule has 0 atom stereocenters. The number of hydrogen-bond donors (Lipinski definition) is 1. The Morgan fingerprint density at radius 1 is 0.970 bits per heavy atom. The second-order valence-electron chi connectivity index (χ2n) is 8.75. The molecule has 3 aliphatic heterocycles. The zero-order valence-corrected chi connectivity index (χ0v) is 19.3. The third-order valence-electron chi connectivity index (χ3n) is 6.46. The number of rotatable bonds is 5. The van der Waals surface area contributed by atoms with Crippen molar-refractivity contribution < 1.29 is 21.6 Å². The molecule has 2 aromatic carbocycles. The summed E-state index contributed by atoms with van der Waals surface area (Å²) in [4.78, 5) is 4.88. The molecule has 1 spiro atoms. The summed E-state index contributed by atoms with van der Waals surface area (Å²) >= 11 is 1.51. The Balaban J connectivity index is 1.17. The Labute approximate surface area is 195 Å². The van der Waals surface area contributed by atoms with Gasteiger partial charge in [0, 0.05) is 37.8 Å². The van der Waals surface area contributed by atoms with Crippen LogP contribution in [0, 0.1) is 22.9 Å². The molecule has 3 aliphatic rings. The number of halogens is 3. The highest BCUT2D eigenvalue weighted by molar-refractivity contribution is 8.01. The maximum absolute atomic E-state index is 14.0. The van der Waals surface area contributed by atoms with Crippen LogP contribution in [0.1, 0.15) is 18.4 Å². The van der Waals surface area contributed by atoms with Crippen molar-refractivity contribution in [3.63, 3.8) is 0 Å². The molecule has 0 aromatic heterocycles. The van der Waals surface area contributed by atoms with Gasteiger partial charge in [0.1, 0.15) is 27.4 Å². The van der Waals surface area contributed by atoms with Crippen molar-refractivity contribution in [2.24, 2.45) is 5.41 Å². The highest BCUT2D eigenvalue weighted by Gasteiger charge is 2.48. The van der Waals surface area contributed by atoms with Crippen LogP contribution in [0.4, 0.5) is 13.2 Å². The molecule has 1 N–H and O–H groups in total. The highest BCUT2D eigenvalue weighted by Crippen LogP contribution is 2.45. The van der Waals surface area contributed by atoms with Crippen molar-refractivity contribution in [3.8, 4) is 0 Å². The summed E-state index contributed by atoms with van der Waals surface area (Å²) in [5.41, 5.74) is 1.02. The first-order chi connectivity index (χ1) is 15.7. The predicted molar refractivity (Wildman–Crippen MR) is 119 cm³/mol. The molecule has 6 nitrogen and oxygen atoms in total. The third kappa shape index (κ3) is 4.46. The Morgan fingerprint density at radius 2 is 1.64 bits per heavy atom. The van der Waals surface area contributed by atoms with Gasteiger partial charge in [-0.1, -0.05) is 12.1 Å². The molecule has 33 heavy (non-hydrogen) atoms. The fourth-order valence-corrected chi connectivity index (χ4v) is 6.84. The molecular weight excluding hydrogens is 473 g/mol. The zero-order chi connectivity index (χ0) is 23.2. The van der Waals surface area contributed by atoms with Gasteiger partial charge >= 0.3 is 0 Å². The molecule has 2 fully saturated rings. The van der Waals surface area contributed by atoms with Crippen LogP contribution < -0.4 is 4.83 Å². The maximum Gasteiger partial charge on any atom is 0.246 e. The average molecular weight is 497 g/mol. The maximum atomic E-state index is 14.0. The van der Waals surface area contributed by atoms with Gasteiger partial charge in [0.25, 0.3) is 0 Å². The summed E-state index contributed by atoms with van der Waals surface area (Å²) in [5.74, 6) is -1.97. The lowest BCUT2D eigenvalue weighted by atomic mass is 9.72. The standard InChI is InChI=1S/C22H23F3N4O2S2/c23-17-3-1-16(2-4-17)12-28-13-21(32-26-28)27-14-22(15-27)7-9-29(10-8-22)33(30,31)20-11-18(24)5-6-19(20)25/h1-6,11,13,26H,7-10,12,14-15H2. The fourth-order valence-electron chi connectivity index (χ4n) is 4.55. The Hall–Kier alpha value is -2.21. The van der Waals surface area contributed by atoms with E-state index in [9.17, 15) is 21.6 Å². The average Bonchev–Trinajstić information content (AvgIpc) is 3.23. The molecule has 2 saturated heterocycles. The number of hydrogen-bond acceptors (Lipinski definition) is 6. The number of benzene rings is 2. The van der Waals surface area contributed by atoms with Gasteiger partial charge in [-0.3, -0.25) is 5.01 Å². The van der Waals surface area contributed by atoms with Gasteiger partial charge in [0.05, 0.1) is 6.54 Å². The lowest BCUT2D eigenvalue weighted by Gasteiger charge is -2.54. The quantitative estimate of drug-likeness (QED) is 0.638. The number of nitrogens with zero attached hydrogens (tertiary/aromatic N) is 3. The molecule has 0 unspecified atom stereocenters. The molecule has 0 amide bonds. The predicted octanol–water partition coefficient (Wildman–Crippen LogP) is 3.66. The van der Waals surface area contributed by atoms with Crippen LogP contribution in [0.15, 0.2) is 58.6 Å². The van der Waals surface area contributed by atoms with E-state index in [1.165, 1.54) is 28.4 Å². The van der Waals surface area contributed by atoms with Gasteiger partial charge in [0.2, 0.25) is 10.0 Å². The first kappa shape index (κ1) is 22.6. The van der Waals surface area contributed by atoms with Crippen LogP contribution in [0.3, 0.4) is 0 Å². The first-order valence-electron chi connectivity index (χ1n) is 10.6. The van der Waals surface area contributed by atoms with E-state index in [0.29, 0.717) is 19.4 Å². The van der Waals surface area contributed by atoms with Gasteiger partial charge < -0.3 is 4.90 Å². The van der Waals surface area contributed by atoms with Crippen LogP contribution >= 0.6 is 11.9 Å². The summed E-state index contributed by atoms with van der Waals surface area (Å²) in [6.45, 7) is 2.82. The monoisotopic (exact) mass is 496 g/mol. The lowest BCUT2D eigenvalue weighted by Crippen LogP contribution is -2.59. The Kier molecular flexibility index (Phi) is 5.84. The summed E-state index contributed by atoms with van der Waals surface area (Å²) in [6, 6.07) is 8.89. The van der Waals surface area contributed by atoms with Gasteiger partial charge in [-0.15, -0.1) is 0 Å². The SMILES string of the molecule is O=S(=O)(c1cc(F)ccc1F)N1CCC2(CC1)CN(C1=CN(Cc3ccc(F)cc3)NS1)C2. The largest absolute Gasteiger partial charge is 0.363 e. The van der Waals surface area contributed by atoms with Crippen molar-refractivity contribution in [2.75, 3.05) is 26.2 Å². The first-order valence-corrected chi connectivity index (χ1v) is 12.9. The number of sulfonamides is 1. The summed E-state index contributed by atoms with van der Waals surface area (Å²) in [7, 11) is -4.07. The van der Waals surface area contributed by atoms with Crippen LogP contribution in [0.2, 0.25) is 0 Å². The topological polar surface area (TPSA) is 55.9 Å². The molecule has 3 heterocycles. The third-order valence-corrected chi connectivity index (χ3v) is 9.27. The number of nitrogens with one attached hydrogen (secondary N) is 1. The Bertz CT molecular complexity index is 1170. The highest BCUT2D eigenvalue weighted by atomic mass is 32.2. The molecule has 2 aromatic rings. The molecular formula is C22H23F3N4O2S2. The van der Waals surface area contributed by atoms with E-state index in [2.05, 4.69) is 9.73 Å². The molecule has 176 valence electrons. The number of hydrazine groups is 1. The van der Waals surface area contributed by atoms with Gasteiger partial charge in [-0.2, -0.15) is 9.14 Å². The van der Waals surface area contributed by atoms with E-state index in [-0.39, 0.29) is 24.3 Å². The van der Waals surface area contributed by atoms with Gasteiger partial charge in [0.15, 0.2) is 0 Å².